The van der Waals surface area contributed by atoms with Crippen LogP contribution in [0.5, 0.6) is 0 Å². The van der Waals surface area contributed by atoms with Gasteiger partial charge in [-0.2, -0.15) is 0 Å². The highest BCUT2D eigenvalue weighted by Gasteiger charge is 2.51. The molecule has 0 heterocycles. The number of carbonyl (C=O) groups excluding carboxylic acids is 1. The van der Waals surface area contributed by atoms with Crippen LogP contribution in [0, 0.1) is 0 Å². The molecule has 0 aromatic heterocycles. The summed E-state index contributed by atoms with van der Waals surface area (Å²) in [6, 6.07) is -1.15. The average Bonchev–Trinajstić information content (AvgIpc) is 3.18. The maximum absolute atomic E-state index is 13.0. The lowest BCUT2D eigenvalue weighted by molar-refractivity contribution is -0.220. The van der Waals surface area contributed by atoms with Crippen molar-refractivity contribution >= 4 is 13.7 Å². The molecule has 1 aliphatic carbocycles. The topological polar surface area (TPSA) is 226 Å². The van der Waals surface area contributed by atoms with Crippen molar-refractivity contribution in [1.82, 2.24) is 5.32 Å². The summed E-state index contributed by atoms with van der Waals surface area (Å²) in [7, 11) is -5.11. The number of hydrogen-bond acceptors (Lipinski definition) is 11. The van der Waals surface area contributed by atoms with Crippen LogP contribution in [0.4, 0.5) is 0 Å². The lowest BCUT2D eigenvalue weighted by atomic mass is 9.85. The molecule has 8 atom stereocenters. The number of aliphatic hydroxyl groups is 7. The molecule has 1 rings (SSSR count). The fourth-order valence-corrected chi connectivity index (χ4v) is 8.62. The van der Waals surface area contributed by atoms with E-state index >= 15 is 0 Å². The summed E-state index contributed by atoms with van der Waals surface area (Å²) in [4.78, 5) is 23.4. The standard InChI is InChI=1S/C43H86NO12P/c1-3-5-7-9-11-13-15-17-19-21-23-25-27-29-31-36(46)35(33-55-57(53,54)56-43-41(51)39(49)38(48)40(50)42(43)52)44-37(47)32-34(45)30-28-26-24-22-20-18-16-14-12-10-8-6-4-2/h34-36,38-43,45-46,48-52H,3-33H2,1-2H3,(H,44,47)(H,53,54). The van der Waals surface area contributed by atoms with Gasteiger partial charge in [-0.05, 0) is 12.8 Å². The number of unbranched alkanes of at least 4 members (excludes halogenated alkanes) is 25. The van der Waals surface area contributed by atoms with E-state index in [0.717, 1.165) is 51.4 Å². The highest BCUT2D eigenvalue weighted by Crippen LogP contribution is 2.47. The SMILES string of the molecule is CCCCCCCCCCCCCCCCC(O)C(COP(=O)(O)OC1C(O)C(O)C(O)C(O)C1O)NC(=O)CC(O)CCCCCCCCCCCCCCC. The smallest absolute Gasteiger partial charge is 0.393 e. The fourth-order valence-electron chi connectivity index (χ4n) is 7.66. The minimum absolute atomic E-state index is 0.216. The van der Waals surface area contributed by atoms with E-state index in [0.29, 0.717) is 12.8 Å². The van der Waals surface area contributed by atoms with E-state index in [1.807, 2.05) is 0 Å². The molecule has 1 amide bonds. The highest BCUT2D eigenvalue weighted by molar-refractivity contribution is 7.47. The van der Waals surface area contributed by atoms with Gasteiger partial charge >= 0.3 is 7.82 Å². The Morgan fingerprint density at radius 3 is 1.26 bits per heavy atom. The molecule has 0 bridgehead atoms. The molecule has 0 saturated heterocycles. The van der Waals surface area contributed by atoms with Gasteiger partial charge in [0.05, 0.1) is 31.3 Å². The van der Waals surface area contributed by atoms with Crippen molar-refractivity contribution in [1.29, 1.82) is 0 Å². The average molecular weight is 840 g/mol. The first kappa shape index (κ1) is 54.3. The van der Waals surface area contributed by atoms with E-state index in [1.165, 1.54) is 116 Å². The lowest BCUT2D eigenvalue weighted by Crippen LogP contribution is -2.64. The van der Waals surface area contributed by atoms with Crippen molar-refractivity contribution < 1.29 is 59.0 Å². The van der Waals surface area contributed by atoms with E-state index < -0.39 is 75.2 Å². The van der Waals surface area contributed by atoms with Gasteiger partial charge in [0, 0.05) is 0 Å². The molecule has 57 heavy (non-hydrogen) atoms. The molecule has 1 fully saturated rings. The van der Waals surface area contributed by atoms with Crippen LogP contribution in [0.25, 0.3) is 0 Å². The van der Waals surface area contributed by atoms with E-state index in [1.54, 1.807) is 0 Å². The lowest BCUT2D eigenvalue weighted by Gasteiger charge is -2.41. The number of amides is 1. The Bertz CT molecular complexity index is 995. The van der Waals surface area contributed by atoms with Gasteiger partial charge in [0.25, 0.3) is 0 Å². The molecule has 9 N–H and O–H groups in total. The second kappa shape index (κ2) is 34.0. The number of phosphoric acid groups is 1. The van der Waals surface area contributed by atoms with Crippen molar-refractivity contribution in [2.75, 3.05) is 6.61 Å². The van der Waals surface area contributed by atoms with Crippen LogP contribution >= 0.6 is 7.82 Å². The Morgan fingerprint density at radius 1 is 0.544 bits per heavy atom. The molecule has 0 aromatic rings. The summed E-state index contributed by atoms with van der Waals surface area (Å²) >= 11 is 0. The quantitative estimate of drug-likeness (QED) is 0.0221. The molecular weight excluding hydrogens is 753 g/mol. The van der Waals surface area contributed by atoms with Crippen LogP contribution in [-0.4, -0.2) is 108 Å². The maximum Gasteiger partial charge on any atom is 0.472 e. The Morgan fingerprint density at radius 2 is 0.877 bits per heavy atom. The zero-order valence-electron chi connectivity index (χ0n) is 35.8. The summed E-state index contributed by atoms with van der Waals surface area (Å²) < 4.78 is 22.9. The van der Waals surface area contributed by atoms with Crippen LogP contribution in [0.2, 0.25) is 0 Å². The zero-order chi connectivity index (χ0) is 42.3. The Kier molecular flexibility index (Phi) is 32.4. The van der Waals surface area contributed by atoms with Crippen LogP contribution in [0.3, 0.4) is 0 Å². The maximum atomic E-state index is 13.0. The van der Waals surface area contributed by atoms with Gasteiger partial charge in [0.2, 0.25) is 5.91 Å². The molecule has 1 saturated carbocycles. The van der Waals surface area contributed by atoms with Gasteiger partial charge in [0.15, 0.2) is 0 Å². The zero-order valence-corrected chi connectivity index (χ0v) is 36.7. The highest BCUT2D eigenvalue weighted by atomic mass is 31.2. The molecule has 0 aromatic carbocycles. The number of hydrogen-bond donors (Lipinski definition) is 9. The van der Waals surface area contributed by atoms with Crippen molar-refractivity contribution in [3.8, 4) is 0 Å². The third-order valence-electron chi connectivity index (χ3n) is 11.5. The molecular formula is C43H86NO12P. The van der Waals surface area contributed by atoms with E-state index in [2.05, 4.69) is 19.2 Å². The summed E-state index contributed by atoms with van der Waals surface area (Å²) in [5, 5.41) is 74.5. The largest absolute Gasteiger partial charge is 0.472 e. The summed E-state index contributed by atoms with van der Waals surface area (Å²) in [5.41, 5.74) is 0. The predicted molar refractivity (Wildman–Crippen MR) is 224 cm³/mol. The number of nitrogens with one attached hydrogen (secondary N) is 1. The minimum Gasteiger partial charge on any atom is -0.393 e. The second-order valence-corrected chi connectivity index (χ2v) is 18.2. The van der Waals surface area contributed by atoms with Crippen molar-refractivity contribution in [3.63, 3.8) is 0 Å². The first-order chi connectivity index (χ1) is 27.3. The molecule has 13 nitrogen and oxygen atoms in total. The van der Waals surface area contributed by atoms with Crippen molar-refractivity contribution in [2.45, 2.75) is 261 Å². The van der Waals surface area contributed by atoms with E-state index in [4.69, 9.17) is 9.05 Å². The van der Waals surface area contributed by atoms with E-state index in [-0.39, 0.29) is 12.8 Å². The minimum atomic E-state index is -5.11. The summed E-state index contributed by atoms with van der Waals surface area (Å²) in [5.74, 6) is -0.558. The molecule has 8 unspecified atom stereocenters. The van der Waals surface area contributed by atoms with Crippen molar-refractivity contribution in [2.24, 2.45) is 0 Å². The van der Waals surface area contributed by atoms with Crippen LogP contribution in [0.1, 0.15) is 206 Å². The molecule has 340 valence electrons. The summed E-state index contributed by atoms with van der Waals surface area (Å²) in [6.45, 7) is 3.78. The molecule has 14 heteroatoms. The molecule has 1 aliphatic rings. The molecule has 0 aliphatic heterocycles. The first-order valence-corrected chi connectivity index (χ1v) is 24.6. The van der Waals surface area contributed by atoms with Crippen LogP contribution < -0.4 is 5.32 Å². The number of aliphatic hydroxyl groups excluding tert-OH is 7. The van der Waals surface area contributed by atoms with Gasteiger partial charge in [0.1, 0.15) is 36.6 Å². The normalized spacial score (nSPS) is 23.9. The fraction of sp³-hybridized carbons (Fsp3) is 0.977. The third-order valence-corrected chi connectivity index (χ3v) is 12.5. The molecule has 0 spiro atoms. The Balaban J connectivity index is 2.53. The first-order valence-electron chi connectivity index (χ1n) is 23.1. The molecule has 0 radical (unpaired) electrons. The monoisotopic (exact) mass is 840 g/mol. The van der Waals surface area contributed by atoms with Crippen LogP contribution in [0.15, 0.2) is 0 Å². The van der Waals surface area contributed by atoms with Gasteiger partial charge in [-0.25, -0.2) is 4.57 Å². The van der Waals surface area contributed by atoms with Crippen molar-refractivity contribution in [3.05, 3.63) is 0 Å². The number of carbonyl (C=O) groups is 1. The summed E-state index contributed by atoms with van der Waals surface area (Å²) in [6.07, 6.45) is 18.6. The third kappa shape index (κ3) is 26.3. The van der Waals surface area contributed by atoms with Crippen LogP contribution in [-0.2, 0) is 18.4 Å². The van der Waals surface area contributed by atoms with Gasteiger partial charge in [-0.1, -0.05) is 187 Å². The predicted octanol–water partition coefficient (Wildman–Crippen LogP) is 7.26. The number of phosphoric ester groups is 1. The Labute approximate surface area is 345 Å². The van der Waals surface area contributed by atoms with Gasteiger partial charge < -0.3 is 46.0 Å². The van der Waals surface area contributed by atoms with Gasteiger partial charge in [-0.3, -0.25) is 13.8 Å². The Hall–Kier alpha value is -0.700. The number of rotatable bonds is 38. The second-order valence-electron chi connectivity index (χ2n) is 16.8. The van der Waals surface area contributed by atoms with E-state index in [9.17, 15) is 50.0 Å². The van der Waals surface area contributed by atoms with Gasteiger partial charge in [-0.15, -0.1) is 0 Å².